The van der Waals surface area contributed by atoms with Crippen LogP contribution in [0.4, 0.5) is 0 Å². The largest absolute Gasteiger partial charge is 0.467 e. The molecule has 4 nitrogen and oxygen atoms in total. The van der Waals surface area contributed by atoms with E-state index in [-0.39, 0.29) is 5.91 Å². The third-order valence-electron chi connectivity index (χ3n) is 4.40. The number of thiazole rings is 1. The molecule has 3 aromatic rings. The van der Waals surface area contributed by atoms with Gasteiger partial charge in [0.15, 0.2) is 4.34 Å². The van der Waals surface area contributed by atoms with Gasteiger partial charge in [0.25, 0.3) is 0 Å². The summed E-state index contributed by atoms with van der Waals surface area (Å²) in [5, 5.41) is 0. The van der Waals surface area contributed by atoms with Gasteiger partial charge in [0.05, 0.1) is 28.8 Å². The van der Waals surface area contributed by atoms with E-state index < -0.39 is 0 Å². The molecule has 1 aliphatic rings. The zero-order chi connectivity index (χ0) is 17.8. The summed E-state index contributed by atoms with van der Waals surface area (Å²) in [5.74, 6) is 1.31. The van der Waals surface area contributed by atoms with Crippen molar-refractivity contribution in [2.24, 2.45) is 0 Å². The van der Waals surface area contributed by atoms with Crippen molar-refractivity contribution >= 4 is 39.2 Å². The first-order valence-electron chi connectivity index (χ1n) is 8.80. The number of fused-ring (bicyclic) bond motifs is 1. The lowest BCUT2D eigenvalue weighted by Gasteiger charge is -2.27. The first-order valence-corrected chi connectivity index (χ1v) is 10.6. The average molecular weight is 385 g/mol. The summed E-state index contributed by atoms with van der Waals surface area (Å²) in [7, 11) is 0. The smallest absolute Gasteiger partial charge is 0.237 e. The molecule has 0 radical (unpaired) electrons. The fourth-order valence-electron chi connectivity index (χ4n) is 3.09. The van der Waals surface area contributed by atoms with Crippen LogP contribution >= 0.6 is 23.1 Å². The van der Waals surface area contributed by atoms with Gasteiger partial charge in [0, 0.05) is 5.70 Å². The standard InChI is InChI=1S/C20H20N2O2S2/c23-19(14-25-20-21-17-10-4-5-11-18(17)26-20)22(13-16-9-6-12-24-16)15-7-2-1-3-8-15/h4-7,9-12H,1-3,8,13-14H2. The van der Waals surface area contributed by atoms with Crippen molar-refractivity contribution in [2.75, 3.05) is 5.75 Å². The predicted octanol–water partition coefficient (Wildman–Crippen LogP) is 5.47. The van der Waals surface area contributed by atoms with Gasteiger partial charge in [-0.05, 0) is 49.9 Å². The molecule has 0 aliphatic heterocycles. The lowest BCUT2D eigenvalue weighted by molar-refractivity contribution is -0.127. The molecule has 1 aliphatic carbocycles. The van der Waals surface area contributed by atoms with E-state index in [4.69, 9.17) is 4.42 Å². The van der Waals surface area contributed by atoms with Crippen molar-refractivity contribution in [3.63, 3.8) is 0 Å². The van der Waals surface area contributed by atoms with Crippen LogP contribution in [0.1, 0.15) is 31.4 Å². The van der Waals surface area contributed by atoms with Crippen LogP contribution in [0.25, 0.3) is 10.2 Å². The van der Waals surface area contributed by atoms with Crippen LogP contribution in [0.5, 0.6) is 0 Å². The minimum absolute atomic E-state index is 0.110. The Bertz CT molecular complexity index is 882. The Morgan fingerprint density at radius 1 is 1.23 bits per heavy atom. The molecule has 1 aromatic carbocycles. The highest BCUT2D eigenvalue weighted by molar-refractivity contribution is 8.01. The predicted molar refractivity (Wildman–Crippen MR) is 106 cm³/mol. The van der Waals surface area contributed by atoms with Gasteiger partial charge in [0.2, 0.25) is 5.91 Å². The molecule has 0 atom stereocenters. The molecular weight excluding hydrogens is 364 g/mol. The maximum Gasteiger partial charge on any atom is 0.237 e. The van der Waals surface area contributed by atoms with Crippen molar-refractivity contribution in [1.82, 2.24) is 9.88 Å². The lowest BCUT2D eigenvalue weighted by Crippen LogP contribution is -2.32. The zero-order valence-electron chi connectivity index (χ0n) is 14.4. The first kappa shape index (κ1) is 17.4. The van der Waals surface area contributed by atoms with Gasteiger partial charge in [-0.15, -0.1) is 11.3 Å². The summed E-state index contributed by atoms with van der Waals surface area (Å²) in [4.78, 5) is 19.5. The molecular formula is C20H20N2O2S2. The van der Waals surface area contributed by atoms with Crippen molar-refractivity contribution < 1.29 is 9.21 Å². The van der Waals surface area contributed by atoms with Crippen LogP contribution in [-0.4, -0.2) is 21.5 Å². The molecule has 0 spiro atoms. The number of furan rings is 1. The molecule has 6 heteroatoms. The van der Waals surface area contributed by atoms with Gasteiger partial charge in [-0.25, -0.2) is 4.98 Å². The second kappa shape index (κ2) is 8.10. The van der Waals surface area contributed by atoms with Crippen LogP contribution in [0.2, 0.25) is 0 Å². The topological polar surface area (TPSA) is 46.3 Å². The van der Waals surface area contributed by atoms with Gasteiger partial charge in [-0.3, -0.25) is 4.79 Å². The number of nitrogens with zero attached hydrogens (tertiary/aromatic N) is 2. The Hall–Kier alpha value is -2.05. The van der Waals surface area contributed by atoms with Gasteiger partial charge < -0.3 is 9.32 Å². The first-order chi connectivity index (χ1) is 12.8. The number of rotatable bonds is 6. The number of thioether (sulfide) groups is 1. The zero-order valence-corrected chi connectivity index (χ0v) is 16.0. The summed E-state index contributed by atoms with van der Waals surface area (Å²) in [6.45, 7) is 0.498. The maximum absolute atomic E-state index is 13.0. The Kier molecular flexibility index (Phi) is 5.41. The van der Waals surface area contributed by atoms with Crippen LogP contribution in [0.15, 0.2) is 63.2 Å². The molecule has 0 saturated heterocycles. The molecule has 2 heterocycles. The summed E-state index contributed by atoms with van der Waals surface area (Å²) in [6.07, 6.45) is 8.20. The minimum atomic E-state index is 0.110. The number of amides is 1. The monoisotopic (exact) mass is 384 g/mol. The minimum Gasteiger partial charge on any atom is -0.467 e. The number of aromatic nitrogens is 1. The quantitative estimate of drug-likeness (QED) is 0.529. The number of benzene rings is 1. The Balaban J connectivity index is 1.47. The number of carbonyl (C=O) groups is 1. The van der Waals surface area contributed by atoms with Crippen molar-refractivity contribution in [2.45, 2.75) is 36.6 Å². The van der Waals surface area contributed by atoms with Gasteiger partial charge in [-0.1, -0.05) is 30.0 Å². The van der Waals surface area contributed by atoms with E-state index in [1.54, 1.807) is 17.6 Å². The highest BCUT2D eigenvalue weighted by Crippen LogP contribution is 2.30. The van der Waals surface area contributed by atoms with Crippen LogP contribution in [-0.2, 0) is 11.3 Å². The SMILES string of the molecule is O=C(CSc1nc2ccccc2s1)N(Cc1ccco1)C1=CCCCC1. The number of hydrogen-bond acceptors (Lipinski definition) is 5. The molecule has 4 rings (SSSR count). The van der Waals surface area contributed by atoms with E-state index in [2.05, 4.69) is 17.1 Å². The fraction of sp³-hybridized carbons (Fsp3) is 0.300. The summed E-state index contributed by atoms with van der Waals surface area (Å²) in [6, 6.07) is 11.9. The average Bonchev–Trinajstić information content (AvgIpc) is 3.34. The second-order valence-corrected chi connectivity index (χ2v) is 8.49. The Morgan fingerprint density at radius 3 is 2.92 bits per heavy atom. The van der Waals surface area contributed by atoms with E-state index in [1.807, 2.05) is 35.2 Å². The Labute approximate surface area is 160 Å². The number of allylic oxidation sites excluding steroid dienone is 2. The molecule has 0 bridgehead atoms. The molecule has 1 amide bonds. The summed E-state index contributed by atoms with van der Waals surface area (Å²) in [5.41, 5.74) is 2.12. The van der Waals surface area contributed by atoms with Crippen LogP contribution < -0.4 is 0 Å². The molecule has 0 unspecified atom stereocenters. The Morgan fingerprint density at radius 2 is 2.15 bits per heavy atom. The number of hydrogen-bond donors (Lipinski definition) is 0. The highest BCUT2D eigenvalue weighted by atomic mass is 32.2. The lowest BCUT2D eigenvalue weighted by atomic mass is 10.0. The van der Waals surface area contributed by atoms with E-state index in [1.165, 1.54) is 18.2 Å². The van der Waals surface area contributed by atoms with Gasteiger partial charge >= 0.3 is 0 Å². The maximum atomic E-state index is 13.0. The van der Waals surface area contributed by atoms with Crippen molar-refractivity contribution in [3.05, 3.63) is 60.2 Å². The number of para-hydroxylation sites is 1. The normalized spacial score (nSPS) is 14.4. The molecule has 0 N–H and O–H groups in total. The molecule has 26 heavy (non-hydrogen) atoms. The van der Waals surface area contributed by atoms with Gasteiger partial charge in [0.1, 0.15) is 5.76 Å². The molecule has 134 valence electrons. The second-order valence-electron chi connectivity index (χ2n) is 6.24. The summed E-state index contributed by atoms with van der Waals surface area (Å²) >= 11 is 3.16. The summed E-state index contributed by atoms with van der Waals surface area (Å²) < 4.78 is 7.57. The molecule has 0 fully saturated rings. The number of carbonyl (C=O) groups excluding carboxylic acids is 1. The van der Waals surface area contributed by atoms with Crippen molar-refractivity contribution in [1.29, 1.82) is 0 Å². The fourth-order valence-corrected chi connectivity index (χ4v) is 5.03. The third kappa shape index (κ3) is 4.02. The van der Waals surface area contributed by atoms with Crippen molar-refractivity contribution in [3.8, 4) is 0 Å². The molecule has 0 saturated carbocycles. The van der Waals surface area contributed by atoms with E-state index >= 15 is 0 Å². The van der Waals surface area contributed by atoms with Crippen LogP contribution in [0.3, 0.4) is 0 Å². The molecule has 2 aromatic heterocycles. The van der Waals surface area contributed by atoms with E-state index in [0.29, 0.717) is 12.3 Å². The van der Waals surface area contributed by atoms with Gasteiger partial charge in [-0.2, -0.15) is 0 Å². The third-order valence-corrected chi connectivity index (χ3v) is 6.57. The highest BCUT2D eigenvalue weighted by Gasteiger charge is 2.21. The van der Waals surface area contributed by atoms with E-state index in [0.717, 1.165) is 45.3 Å². The van der Waals surface area contributed by atoms with Crippen LogP contribution in [0, 0.1) is 0 Å². The van der Waals surface area contributed by atoms with E-state index in [9.17, 15) is 4.79 Å².